The lowest BCUT2D eigenvalue weighted by molar-refractivity contribution is -0.137. The summed E-state index contributed by atoms with van der Waals surface area (Å²) in [6.07, 6.45) is -0.174. The fourth-order valence-electron chi connectivity index (χ4n) is 2.09. The average Bonchev–Trinajstić information content (AvgIpc) is 3.22. The number of pyridine rings is 1. The largest absolute Gasteiger partial charge is 0.416 e. The first-order chi connectivity index (χ1) is 9.04. The van der Waals surface area contributed by atoms with Crippen molar-refractivity contribution >= 4 is 0 Å². The summed E-state index contributed by atoms with van der Waals surface area (Å²) in [7, 11) is 0. The van der Waals surface area contributed by atoms with Crippen molar-refractivity contribution in [3.63, 3.8) is 0 Å². The molecule has 98 valence electrons. The van der Waals surface area contributed by atoms with Gasteiger partial charge in [0.15, 0.2) is 0 Å². The van der Waals surface area contributed by atoms with Crippen LogP contribution in [0.25, 0.3) is 11.3 Å². The van der Waals surface area contributed by atoms with E-state index in [0.29, 0.717) is 17.2 Å². The lowest BCUT2D eigenvalue weighted by Crippen LogP contribution is -2.04. The van der Waals surface area contributed by atoms with Gasteiger partial charge in [0.1, 0.15) is 0 Å². The predicted octanol–water partition coefficient (Wildman–Crippen LogP) is 4.64. The van der Waals surface area contributed by atoms with Crippen LogP contribution in [-0.4, -0.2) is 4.98 Å². The quantitative estimate of drug-likeness (QED) is 0.768. The van der Waals surface area contributed by atoms with E-state index >= 15 is 0 Å². The summed E-state index contributed by atoms with van der Waals surface area (Å²) in [4.78, 5) is 4.27. The zero-order valence-electron chi connectivity index (χ0n) is 10.1. The van der Waals surface area contributed by atoms with Gasteiger partial charge < -0.3 is 0 Å². The molecule has 0 unspecified atom stereocenters. The summed E-state index contributed by atoms with van der Waals surface area (Å²) in [6, 6.07) is 9.02. The van der Waals surface area contributed by atoms with E-state index in [1.165, 1.54) is 24.5 Å². The Morgan fingerprint density at radius 2 is 1.84 bits per heavy atom. The molecule has 0 aliphatic heterocycles. The van der Waals surface area contributed by atoms with Crippen molar-refractivity contribution in [1.82, 2.24) is 4.98 Å². The van der Waals surface area contributed by atoms with Gasteiger partial charge in [-0.2, -0.15) is 13.2 Å². The van der Waals surface area contributed by atoms with Crippen LogP contribution in [0.4, 0.5) is 13.2 Å². The van der Waals surface area contributed by atoms with Crippen LogP contribution >= 0.6 is 0 Å². The van der Waals surface area contributed by atoms with Crippen LogP contribution in [0.1, 0.15) is 29.9 Å². The Labute approximate surface area is 109 Å². The number of nitrogens with zero attached hydrogens (tertiary/aromatic N) is 1. The van der Waals surface area contributed by atoms with Crippen LogP contribution in [0.2, 0.25) is 0 Å². The molecule has 1 fully saturated rings. The van der Waals surface area contributed by atoms with E-state index in [2.05, 4.69) is 4.98 Å². The molecule has 4 heteroatoms. The van der Waals surface area contributed by atoms with Gasteiger partial charge in [-0.05, 0) is 42.5 Å². The minimum absolute atomic E-state index is 0.497. The van der Waals surface area contributed by atoms with Crippen molar-refractivity contribution in [3.8, 4) is 11.3 Å². The van der Waals surface area contributed by atoms with Crippen molar-refractivity contribution < 1.29 is 13.2 Å². The third kappa shape index (κ3) is 2.62. The Bertz CT molecular complexity index is 583. The molecule has 1 aromatic carbocycles. The monoisotopic (exact) mass is 263 g/mol. The van der Waals surface area contributed by atoms with Crippen LogP contribution < -0.4 is 0 Å². The van der Waals surface area contributed by atoms with Crippen LogP contribution in [0.5, 0.6) is 0 Å². The number of rotatable bonds is 2. The highest BCUT2D eigenvalue weighted by atomic mass is 19.4. The Kier molecular flexibility index (Phi) is 2.81. The SMILES string of the molecule is FC(F)(F)c1cccc(-c2ccc(C3CC3)cn2)c1. The summed E-state index contributed by atoms with van der Waals surface area (Å²) in [6.45, 7) is 0. The molecule has 19 heavy (non-hydrogen) atoms. The predicted molar refractivity (Wildman–Crippen MR) is 66.7 cm³/mol. The smallest absolute Gasteiger partial charge is 0.256 e. The summed E-state index contributed by atoms with van der Waals surface area (Å²) in [5.74, 6) is 0.600. The highest BCUT2D eigenvalue weighted by Crippen LogP contribution is 2.40. The molecule has 0 N–H and O–H groups in total. The molecular formula is C15H12F3N. The van der Waals surface area contributed by atoms with Gasteiger partial charge in [-0.1, -0.05) is 18.2 Å². The van der Waals surface area contributed by atoms with Gasteiger partial charge in [0.05, 0.1) is 11.3 Å². The topological polar surface area (TPSA) is 12.9 Å². The highest BCUT2D eigenvalue weighted by molar-refractivity contribution is 5.60. The molecule has 2 aromatic rings. The first-order valence-corrected chi connectivity index (χ1v) is 6.17. The summed E-state index contributed by atoms with van der Waals surface area (Å²) >= 11 is 0. The van der Waals surface area contributed by atoms with E-state index in [-0.39, 0.29) is 0 Å². The van der Waals surface area contributed by atoms with E-state index in [0.717, 1.165) is 12.1 Å². The van der Waals surface area contributed by atoms with Gasteiger partial charge in [0.2, 0.25) is 0 Å². The molecule has 0 amide bonds. The molecule has 1 aliphatic carbocycles. The lowest BCUT2D eigenvalue weighted by Gasteiger charge is -2.08. The van der Waals surface area contributed by atoms with Crippen LogP contribution in [0.3, 0.4) is 0 Å². The number of benzene rings is 1. The molecular weight excluding hydrogens is 251 g/mol. The van der Waals surface area contributed by atoms with Crippen molar-refractivity contribution in [2.45, 2.75) is 24.9 Å². The van der Waals surface area contributed by atoms with Crippen molar-refractivity contribution in [2.24, 2.45) is 0 Å². The zero-order chi connectivity index (χ0) is 13.5. The fourth-order valence-corrected chi connectivity index (χ4v) is 2.09. The summed E-state index contributed by atoms with van der Waals surface area (Å²) in [5.41, 5.74) is 1.61. The van der Waals surface area contributed by atoms with Crippen molar-refractivity contribution in [3.05, 3.63) is 53.7 Å². The van der Waals surface area contributed by atoms with Gasteiger partial charge >= 0.3 is 6.18 Å². The number of aromatic nitrogens is 1. The average molecular weight is 263 g/mol. The number of alkyl halides is 3. The van der Waals surface area contributed by atoms with Gasteiger partial charge in [-0.25, -0.2) is 0 Å². The first-order valence-electron chi connectivity index (χ1n) is 6.17. The fraction of sp³-hybridized carbons (Fsp3) is 0.267. The third-order valence-corrected chi connectivity index (χ3v) is 3.32. The van der Waals surface area contributed by atoms with E-state index in [1.807, 2.05) is 6.07 Å². The van der Waals surface area contributed by atoms with Gasteiger partial charge in [-0.15, -0.1) is 0 Å². The molecule has 1 nitrogen and oxygen atoms in total. The van der Waals surface area contributed by atoms with E-state index in [4.69, 9.17) is 0 Å². The minimum Gasteiger partial charge on any atom is -0.256 e. The molecule has 1 heterocycles. The molecule has 3 rings (SSSR count). The molecule has 1 aliphatic rings. The highest BCUT2D eigenvalue weighted by Gasteiger charge is 2.30. The Hall–Kier alpha value is -1.84. The standard InChI is InChI=1S/C15H12F3N/c16-15(17,18)13-3-1-2-11(8-13)14-7-6-12(9-19-14)10-4-5-10/h1-3,6-10H,4-5H2. The van der Waals surface area contributed by atoms with Crippen LogP contribution in [0.15, 0.2) is 42.6 Å². The minimum atomic E-state index is -4.32. The van der Waals surface area contributed by atoms with E-state index in [1.54, 1.807) is 18.3 Å². The van der Waals surface area contributed by atoms with Crippen molar-refractivity contribution in [1.29, 1.82) is 0 Å². The first kappa shape index (κ1) is 12.2. The normalized spacial score (nSPS) is 15.5. The van der Waals surface area contributed by atoms with Gasteiger partial charge in [0.25, 0.3) is 0 Å². The molecule has 0 spiro atoms. The maximum absolute atomic E-state index is 12.6. The molecule has 1 aromatic heterocycles. The number of halogens is 3. The van der Waals surface area contributed by atoms with Gasteiger partial charge in [-0.3, -0.25) is 4.98 Å². The summed E-state index contributed by atoms with van der Waals surface area (Å²) < 4.78 is 37.9. The second-order valence-electron chi connectivity index (χ2n) is 4.83. The molecule has 0 radical (unpaired) electrons. The van der Waals surface area contributed by atoms with Gasteiger partial charge in [0, 0.05) is 11.8 Å². The Balaban J connectivity index is 1.92. The van der Waals surface area contributed by atoms with Crippen LogP contribution in [-0.2, 0) is 6.18 Å². The lowest BCUT2D eigenvalue weighted by atomic mass is 10.1. The zero-order valence-corrected chi connectivity index (χ0v) is 10.1. The number of hydrogen-bond acceptors (Lipinski definition) is 1. The Morgan fingerprint density at radius 1 is 1.05 bits per heavy atom. The maximum atomic E-state index is 12.6. The third-order valence-electron chi connectivity index (χ3n) is 3.32. The van der Waals surface area contributed by atoms with Crippen LogP contribution in [0, 0.1) is 0 Å². The van der Waals surface area contributed by atoms with E-state index < -0.39 is 11.7 Å². The van der Waals surface area contributed by atoms with E-state index in [9.17, 15) is 13.2 Å². The second kappa shape index (κ2) is 4.37. The molecule has 1 saturated carbocycles. The molecule has 0 atom stereocenters. The maximum Gasteiger partial charge on any atom is 0.416 e. The number of hydrogen-bond donors (Lipinski definition) is 0. The second-order valence-corrected chi connectivity index (χ2v) is 4.83. The van der Waals surface area contributed by atoms with Crippen molar-refractivity contribution in [2.75, 3.05) is 0 Å². The molecule has 0 bridgehead atoms. The Morgan fingerprint density at radius 3 is 2.42 bits per heavy atom. The summed E-state index contributed by atoms with van der Waals surface area (Å²) in [5, 5.41) is 0. The molecule has 0 saturated heterocycles.